The Morgan fingerprint density at radius 3 is 2.43 bits per heavy atom. The Morgan fingerprint density at radius 1 is 1.14 bits per heavy atom. The summed E-state index contributed by atoms with van der Waals surface area (Å²) in [6, 6.07) is 12.4. The van der Waals surface area contributed by atoms with Crippen LogP contribution in [0.3, 0.4) is 0 Å². The molecular formula is C22H26N2O2S2. The average Bonchev–Trinajstić information content (AvgIpc) is 3.34. The molecule has 1 amide bonds. The number of aryl methyl sites for hydroxylation is 1. The van der Waals surface area contributed by atoms with Gasteiger partial charge >= 0.3 is 4.87 Å². The first-order valence-corrected chi connectivity index (χ1v) is 11.3. The minimum atomic E-state index is -0.168. The molecule has 2 unspecified atom stereocenters. The predicted octanol–water partition coefficient (Wildman–Crippen LogP) is 5.09. The number of benzene rings is 1. The maximum Gasteiger partial charge on any atom is 0.307 e. The summed E-state index contributed by atoms with van der Waals surface area (Å²) in [4.78, 5) is 25.6. The maximum absolute atomic E-state index is 12.6. The summed E-state index contributed by atoms with van der Waals surface area (Å²) in [6.07, 6.45) is 1.39. The van der Waals surface area contributed by atoms with Gasteiger partial charge in [0.15, 0.2) is 0 Å². The fourth-order valence-electron chi connectivity index (χ4n) is 3.15. The number of thiazole rings is 1. The molecule has 4 nitrogen and oxygen atoms in total. The molecule has 0 aliphatic carbocycles. The molecule has 28 heavy (non-hydrogen) atoms. The maximum atomic E-state index is 12.6. The van der Waals surface area contributed by atoms with Gasteiger partial charge in [-0.05, 0) is 41.8 Å². The molecule has 2 heterocycles. The van der Waals surface area contributed by atoms with Crippen LogP contribution in [-0.4, -0.2) is 10.5 Å². The van der Waals surface area contributed by atoms with Crippen molar-refractivity contribution in [1.82, 2.24) is 9.88 Å². The normalized spacial score (nSPS) is 13.2. The zero-order valence-electron chi connectivity index (χ0n) is 16.5. The van der Waals surface area contributed by atoms with E-state index in [0.29, 0.717) is 12.5 Å². The van der Waals surface area contributed by atoms with Gasteiger partial charge in [0.25, 0.3) is 0 Å². The van der Waals surface area contributed by atoms with Gasteiger partial charge in [0, 0.05) is 28.9 Å². The molecule has 2 atom stereocenters. The smallest absolute Gasteiger partial charge is 0.307 e. The molecule has 0 aliphatic heterocycles. The van der Waals surface area contributed by atoms with Gasteiger partial charge in [0.1, 0.15) is 0 Å². The minimum absolute atomic E-state index is 0.0132. The molecule has 2 aromatic heterocycles. The Labute approximate surface area is 173 Å². The molecule has 0 saturated carbocycles. The summed E-state index contributed by atoms with van der Waals surface area (Å²) >= 11 is 2.81. The van der Waals surface area contributed by atoms with Crippen LogP contribution in [0.2, 0.25) is 0 Å². The van der Waals surface area contributed by atoms with Crippen LogP contribution in [0.15, 0.2) is 52.0 Å². The van der Waals surface area contributed by atoms with Crippen molar-refractivity contribution in [3.8, 4) is 0 Å². The molecule has 0 aliphatic rings. The average molecular weight is 415 g/mol. The number of amides is 1. The number of aromatic nitrogens is 1. The van der Waals surface area contributed by atoms with Crippen LogP contribution in [0.4, 0.5) is 0 Å². The molecule has 3 aromatic rings. The summed E-state index contributed by atoms with van der Waals surface area (Å²) in [6.45, 7) is 6.71. The number of thiophene rings is 1. The Bertz CT molecular complexity index is 955. The number of rotatable bonds is 8. The molecule has 0 saturated heterocycles. The van der Waals surface area contributed by atoms with Crippen molar-refractivity contribution in [2.45, 2.75) is 52.1 Å². The standard InChI is InChI=1S/C22H26N2O2S2/c1-4-15(2)17-7-9-18(10-8-17)21(19-6-5-13-27-19)23-20(25)11-12-24-16(3)14-28-22(24)26/h5-10,13-15,21H,4,11-12H2,1-3H3,(H,23,25). The van der Waals surface area contributed by atoms with E-state index in [0.717, 1.165) is 22.6 Å². The van der Waals surface area contributed by atoms with Crippen molar-refractivity contribution >= 4 is 28.6 Å². The molecule has 6 heteroatoms. The van der Waals surface area contributed by atoms with Crippen LogP contribution in [0.1, 0.15) is 60.3 Å². The predicted molar refractivity (Wildman–Crippen MR) is 117 cm³/mol. The number of carbonyl (C=O) groups is 1. The highest BCUT2D eigenvalue weighted by Gasteiger charge is 2.18. The van der Waals surface area contributed by atoms with Crippen molar-refractivity contribution < 1.29 is 4.79 Å². The number of nitrogens with zero attached hydrogens (tertiary/aromatic N) is 1. The van der Waals surface area contributed by atoms with E-state index in [4.69, 9.17) is 0 Å². The Balaban J connectivity index is 1.74. The molecule has 0 fully saturated rings. The van der Waals surface area contributed by atoms with Crippen molar-refractivity contribution in [2.24, 2.45) is 0 Å². The first-order chi connectivity index (χ1) is 13.5. The van der Waals surface area contributed by atoms with Crippen molar-refractivity contribution in [2.75, 3.05) is 0 Å². The van der Waals surface area contributed by atoms with Crippen LogP contribution in [-0.2, 0) is 11.3 Å². The highest BCUT2D eigenvalue weighted by Crippen LogP contribution is 2.28. The van der Waals surface area contributed by atoms with Crippen molar-refractivity contribution in [3.63, 3.8) is 0 Å². The van der Waals surface area contributed by atoms with E-state index in [9.17, 15) is 9.59 Å². The molecule has 1 aromatic carbocycles. The Kier molecular flexibility index (Phi) is 6.86. The first-order valence-electron chi connectivity index (χ1n) is 9.57. The second-order valence-corrected chi connectivity index (χ2v) is 8.84. The topological polar surface area (TPSA) is 51.1 Å². The van der Waals surface area contributed by atoms with Crippen LogP contribution in [0, 0.1) is 6.92 Å². The van der Waals surface area contributed by atoms with E-state index in [-0.39, 0.29) is 23.2 Å². The lowest BCUT2D eigenvalue weighted by Gasteiger charge is -2.19. The zero-order valence-corrected chi connectivity index (χ0v) is 18.1. The molecule has 148 valence electrons. The fraction of sp³-hybridized carbons (Fsp3) is 0.364. The second kappa shape index (κ2) is 9.34. The van der Waals surface area contributed by atoms with Gasteiger partial charge in [-0.1, -0.05) is 55.5 Å². The molecule has 0 radical (unpaired) electrons. The van der Waals surface area contributed by atoms with E-state index < -0.39 is 0 Å². The van der Waals surface area contributed by atoms with Crippen LogP contribution in [0.25, 0.3) is 0 Å². The number of nitrogens with one attached hydrogen (secondary N) is 1. The van der Waals surface area contributed by atoms with Gasteiger partial charge in [-0.3, -0.25) is 9.59 Å². The van der Waals surface area contributed by atoms with Crippen LogP contribution < -0.4 is 10.2 Å². The van der Waals surface area contributed by atoms with Gasteiger partial charge in [-0.2, -0.15) is 0 Å². The monoisotopic (exact) mass is 414 g/mol. The third-order valence-electron chi connectivity index (χ3n) is 5.12. The van der Waals surface area contributed by atoms with E-state index in [1.165, 1.54) is 16.9 Å². The third kappa shape index (κ3) is 4.80. The van der Waals surface area contributed by atoms with Gasteiger partial charge in [-0.25, -0.2) is 0 Å². The summed E-state index contributed by atoms with van der Waals surface area (Å²) in [7, 11) is 0. The lowest BCUT2D eigenvalue weighted by molar-refractivity contribution is -0.121. The summed E-state index contributed by atoms with van der Waals surface area (Å²) < 4.78 is 1.66. The Hall–Kier alpha value is -2.18. The molecule has 1 N–H and O–H groups in total. The highest BCUT2D eigenvalue weighted by atomic mass is 32.1. The minimum Gasteiger partial charge on any atom is -0.344 e. The van der Waals surface area contributed by atoms with E-state index in [2.05, 4.69) is 43.4 Å². The van der Waals surface area contributed by atoms with E-state index in [1.54, 1.807) is 15.9 Å². The second-order valence-electron chi connectivity index (χ2n) is 7.04. The van der Waals surface area contributed by atoms with Gasteiger partial charge in [0.05, 0.1) is 6.04 Å². The largest absolute Gasteiger partial charge is 0.344 e. The quantitative estimate of drug-likeness (QED) is 0.558. The van der Waals surface area contributed by atoms with Crippen molar-refractivity contribution in [3.05, 3.63) is 78.5 Å². The summed E-state index contributed by atoms with van der Waals surface area (Å²) in [5.74, 6) is 0.470. The zero-order chi connectivity index (χ0) is 20.1. The molecule has 0 spiro atoms. The van der Waals surface area contributed by atoms with Crippen LogP contribution in [0.5, 0.6) is 0 Å². The van der Waals surface area contributed by atoms with Crippen LogP contribution >= 0.6 is 22.7 Å². The lowest BCUT2D eigenvalue weighted by atomic mass is 9.95. The molecule has 0 bridgehead atoms. The SMILES string of the molecule is CCC(C)c1ccc(C(NC(=O)CCn2c(C)csc2=O)c2cccs2)cc1. The molecule has 3 rings (SSSR count). The van der Waals surface area contributed by atoms with Crippen molar-refractivity contribution in [1.29, 1.82) is 0 Å². The van der Waals surface area contributed by atoms with Gasteiger partial charge < -0.3 is 9.88 Å². The number of hydrogen-bond donors (Lipinski definition) is 1. The summed E-state index contributed by atoms with van der Waals surface area (Å²) in [5.41, 5.74) is 3.29. The first kappa shape index (κ1) is 20.6. The van der Waals surface area contributed by atoms with Gasteiger partial charge in [-0.15, -0.1) is 11.3 Å². The van der Waals surface area contributed by atoms with E-state index in [1.807, 2.05) is 29.8 Å². The van der Waals surface area contributed by atoms with E-state index >= 15 is 0 Å². The summed E-state index contributed by atoms with van der Waals surface area (Å²) in [5, 5.41) is 7.01. The highest BCUT2D eigenvalue weighted by molar-refractivity contribution is 7.10. The third-order valence-corrected chi connectivity index (χ3v) is 6.94. The fourth-order valence-corrected chi connectivity index (χ4v) is 4.71. The number of carbonyl (C=O) groups excluding carboxylic acids is 1. The Morgan fingerprint density at radius 2 is 1.86 bits per heavy atom. The number of hydrogen-bond acceptors (Lipinski definition) is 4. The molecular weight excluding hydrogens is 388 g/mol. The van der Waals surface area contributed by atoms with Gasteiger partial charge in [0.2, 0.25) is 5.91 Å². The lowest BCUT2D eigenvalue weighted by Crippen LogP contribution is -2.30.